The molecule has 1 heteroatoms. The molecule has 31 heavy (non-hydrogen) atoms. The fourth-order valence-corrected chi connectivity index (χ4v) is 8.26. The Morgan fingerprint density at radius 1 is 1.00 bits per heavy atom. The molecule has 4 aliphatic rings. The largest absolute Gasteiger partial charge is 0.393 e. The molecule has 1 aromatic rings. The Morgan fingerprint density at radius 2 is 1.74 bits per heavy atom. The van der Waals surface area contributed by atoms with Crippen LogP contribution in [-0.4, -0.2) is 11.2 Å². The van der Waals surface area contributed by atoms with Gasteiger partial charge in [-0.05, 0) is 102 Å². The summed E-state index contributed by atoms with van der Waals surface area (Å²) < 4.78 is 0. The minimum atomic E-state index is -0.0646. The minimum Gasteiger partial charge on any atom is -0.393 e. The topological polar surface area (TPSA) is 20.2 Å². The van der Waals surface area contributed by atoms with E-state index in [9.17, 15) is 5.11 Å². The van der Waals surface area contributed by atoms with E-state index in [1.165, 1.54) is 44.1 Å². The van der Waals surface area contributed by atoms with Crippen molar-refractivity contribution >= 4 is 0 Å². The average molecular weight is 419 g/mol. The first kappa shape index (κ1) is 21.5. The third-order valence-electron chi connectivity index (χ3n) is 10.7. The van der Waals surface area contributed by atoms with E-state index in [-0.39, 0.29) is 11.5 Å². The zero-order valence-corrected chi connectivity index (χ0v) is 20.4. The van der Waals surface area contributed by atoms with Crippen LogP contribution in [0.1, 0.15) is 91.5 Å². The second-order valence-corrected chi connectivity index (χ2v) is 12.3. The predicted molar refractivity (Wildman–Crippen MR) is 130 cm³/mol. The van der Waals surface area contributed by atoms with Gasteiger partial charge in [-0.25, -0.2) is 0 Å². The number of fused-ring (bicyclic) bond motifs is 4. The van der Waals surface area contributed by atoms with Crippen LogP contribution in [0.3, 0.4) is 0 Å². The highest BCUT2D eigenvalue weighted by molar-refractivity contribution is 5.49. The van der Waals surface area contributed by atoms with Gasteiger partial charge in [0.15, 0.2) is 0 Å². The van der Waals surface area contributed by atoms with Crippen LogP contribution in [0.4, 0.5) is 0 Å². The molecule has 1 fully saturated rings. The fourth-order valence-electron chi connectivity index (χ4n) is 8.26. The van der Waals surface area contributed by atoms with E-state index in [0.717, 1.165) is 12.8 Å². The van der Waals surface area contributed by atoms with Crippen LogP contribution in [0.2, 0.25) is 0 Å². The van der Waals surface area contributed by atoms with Crippen LogP contribution in [0.15, 0.2) is 53.1 Å². The second kappa shape index (κ2) is 7.34. The van der Waals surface area contributed by atoms with Crippen molar-refractivity contribution in [2.45, 2.75) is 97.5 Å². The lowest BCUT2D eigenvalue weighted by Crippen LogP contribution is -2.45. The van der Waals surface area contributed by atoms with Gasteiger partial charge in [0.05, 0.1) is 6.10 Å². The highest BCUT2D eigenvalue weighted by Gasteiger charge is 2.54. The Bertz CT molecular complexity index is 906. The lowest BCUT2D eigenvalue weighted by Gasteiger charge is -2.54. The van der Waals surface area contributed by atoms with Crippen molar-refractivity contribution in [3.63, 3.8) is 0 Å². The summed E-state index contributed by atoms with van der Waals surface area (Å²) in [5, 5.41) is 10.3. The van der Waals surface area contributed by atoms with E-state index in [1.54, 1.807) is 16.7 Å². The maximum absolute atomic E-state index is 10.3. The van der Waals surface area contributed by atoms with Crippen LogP contribution in [-0.2, 0) is 5.41 Å². The van der Waals surface area contributed by atoms with Crippen molar-refractivity contribution in [2.24, 2.45) is 28.6 Å². The van der Waals surface area contributed by atoms with Gasteiger partial charge >= 0.3 is 0 Å². The fraction of sp³-hybridized carbons (Fsp3) is 0.667. The molecular weight excluding hydrogens is 376 g/mol. The quantitative estimate of drug-likeness (QED) is 0.535. The van der Waals surface area contributed by atoms with Crippen molar-refractivity contribution in [1.29, 1.82) is 0 Å². The maximum Gasteiger partial charge on any atom is 0.0543 e. The van der Waals surface area contributed by atoms with Crippen molar-refractivity contribution < 1.29 is 5.11 Å². The Morgan fingerprint density at radius 3 is 2.48 bits per heavy atom. The molecule has 0 heterocycles. The zero-order chi connectivity index (χ0) is 22.0. The molecular formula is C30H42O. The van der Waals surface area contributed by atoms with Gasteiger partial charge in [-0.1, -0.05) is 76.6 Å². The third kappa shape index (κ3) is 3.13. The van der Waals surface area contributed by atoms with E-state index in [2.05, 4.69) is 71.0 Å². The van der Waals surface area contributed by atoms with Crippen LogP contribution >= 0.6 is 0 Å². The van der Waals surface area contributed by atoms with Gasteiger partial charge in [0.1, 0.15) is 0 Å². The second-order valence-electron chi connectivity index (χ2n) is 12.3. The lowest BCUT2D eigenvalue weighted by molar-refractivity contribution is 0.0218. The highest BCUT2D eigenvalue weighted by atomic mass is 16.3. The summed E-state index contributed by atoms with van der Waals surface area (Å²) in [6, 6.07) is 11.2. The van der Waals surface area contributed by atoms with E-state index in [0.29, 0.717) is 28.6 Å². The number of rotatable bonds is 3. The van der Waals surface area contributed by atoms with Crippen molar-refractivity contribution in [3.8, 4) is 0 Å². The maximum atomic E-state index is 10.3. The predicted octanol–water partition coefficient (Wildman–Crippen LogP) is 7.60. The summed E-state index contributed by atoms with van der Waals surface area (Å²) in [6.45, 7) is 12.6. The summed E-state index contributed by atoms with van der Waals surface area (Å²) in [5.41, 5.74) is 7.56. The number of allylic oxidation sites excluding steroid dienone is 4. The molecule has 1 saturated carbocycles. The molecule has 3 unspecified atom stereocenters. The molecule has 1 aromatic carbocycles. The van der Waals surface area contributed by atoms with Crippen LogP contribution in [0.25, 0.3) is 0 Å². The van der Waals surface area contributed by atoms with Crippen molar-refractivity contribution in [3.05, 3.63) is 58.7 Å². The summed E-state index contributed by atoms with van der Waals surface area (Å²) in [5.74, 6) is 2.03. The summed E-state index contributed by atoms with van der Waals surface area (Å²) in [7, 11) is 0. The molecule has 0 saturated heterocycles. The van der Waals surface area contributed by atoms with Crippen LogP contribution < -0.4 is 0 Å². The first-order valence-electron chi connectivity index (χ1n) is 12.8. The summed E-state index contributed by atoms with van der Waals surface area (Å²) >= 11 is 0. The molecule has 168 valence electrons. The van der Waals surface area contributed by atoms with Crippen LogP contribution in [0.5, 0.6) is 0 Å². The SMILES string of the molecule is CC([C@H]1CC=C2C3=C(CC[C@@]21C)[C@@]1(C)CCC(O)CC1CC3)C(C)(C)c1ccccc1. The summed E-state index contributed by atoms with van der Waals surface area (Å²) in [6.07, 6.45) is 12.1. The molecule has 6 atom stereocenters. The lowest BCUT2D eigenvalue weighted by atomic mass is 9.50. The van der Waals surface area contributed by atoms with Crippen molar-refractivity contribution in [1.82, 2.24) is 0 Å². The van der Waals surface area contributed by atoms with Gasteiger partial charge in [0.2, 0.25) is 0 Å². The molecule has 1 N–H and O–H groups in total. The number of benzene rings is 1. The van der Waals surface area contributed by atoms with E-state index >= 15 is 0 Å². The van der Waals surface area contributed by atoms with Gasteiger partial charge in [-0.2, -0.15) is 0 Å². The smallest absolute Gasteiger partial charge is 0.0543 e. The normalized spacial score (nSPS) is 38.8. The first-order valence-corrected chi connectivity index (χ1v) is 12.8. The van der Waals surface area contributed by atoms with Gasteiger partial charge in [-0.15, -0.1) is 0 Å². The molecule has 0 spiro atoms. The highest BCUT2D eigenvalue weighted by Crippen LogP contribution is 2.65. The zero-order valence-electron chi connectivity index (χ0n) is 20.4. The molecule has 0 aliphatic heterocycles. The van der Waals surface area contributed by atoms with Crippen LogP contribution in [0, 0.1) is 28.6 Å². The molecule has 1 nitrogen and oxygen atoms in total. The van der Waals surface area contributed by atoms with Gasteiger partial charge in [0, 0.05) is 0 Å². The Hall–Kier alpha value is -1.34. The monoisotopic (exact) mass is 418 g/mol. The molecule has 4 aliphatic carbocycles. The van der Waals surface area contributed by atoms with E-state index < -0.39 is 0 Å². The Labute approximate surface area is 190 Å². The van der Waals surface area contributed by atoms with E-state index in [4.69, 9.17) is 0 Å². The van der Waals surface area contributed by atoms with Gasteiger partial charge in [-0.3, -0.25) is 0 Å². The summed E-state index contributed by atoms with van der Waals surface area (Å²) in [4.78, 5) is 0. The molecule has 5 rings (SSSR count). The first-order chi connectivity index (χ1) is 14.7. The molecule has 0 amide bonds. The number of hydrogen-bond donors (Lipinski definition) is 1. The minimum absolute atomic E-state index is 0.0646. The standard InChI is InChI=1S/C30H42O/c1-20(28(2,3)21-9-7-6-8-10-21)25-13-14-26-24-12-11-22-19-23(31)15-17-29(22,4)27(24)16-18-30(25,26)5/h6-10,14,20,22-23,25,31H,11-13,15-19H2,1-5H3/t20?,22?,23?,25-,29+,30-/m1/s1. The van der Waals surface area contributed by atoms with Gasteiger partial charge in [0.25, 0.3) is 0 Å². The number of aliphatic hydroxyl groups is 1. The Kier molecular flexibility index (Phi) is 5.09. The van der Waals surface area contributed by atoms with Gasteiger partial charge < -0.3 is 5.11 Å². The molecule has 0 radical (unpaired) electrons. The Balaban J connectivity index is 1.46. The van der Waals surface area contributed by atoms with Crippen molar-refractivity contribution in [2.75, 3.05) is 0 Å². The number of aliphatic hydroxyl groups excluding tert-OH is 1. The average Bonchev–Trinajstić information content (AvgIpc) is 3.11. The molecule has 0 aromatic heterocycles. The molecule has 0 bridgehead atoms. The number of hydrogen-bond acceptors (Lipinski definition) is 1. The van der Waals surface area contributed by atoms with E-state index in [1.807, 2.05) is 0 Å². The third-order valence-corrected chi connectivity index (χ3v) is 10.7.